The first-order valence-electron chi connectivity index (χ1n) is 10.1. The second kappa shape index (κ2) is 7.00. The standard InChI is InChI=1S/C23H26N2O5/c1-12-13-8-15-16(23(2,3)4)11-29-18(15)10-19(13)30-22(28)14(12)9-20(26)25-7-5-6-17(25)21(24)27/h8,10-11,17H,5-7,9H2,1-4H3,(H2,24,27)/t17-/m0/s1. The minimum atomic E-state index is -0.606. The number of primary amides is 1. The molecular formula is C23H26N2O5. The van der Waals surface area contributed by atoms with Crippen LogP contribution in [0, 0.1) is 6.92 Å². The molecule has 0 saturated carbocycles. The van der Waals surface area contributed by atoms with Gasteiger partial charge in [0.05, 0.1) is 18.2 Å². The van der Waals surface area contributed by atoms with Crippen LogP contribution >= 0.6 is 0 Å². The summed E-state index contributed by atoms with van der Waals surface area (Å²) in [5, 5.41) is 1.72. The summed E-state index contributed by atoms with van der Waals surface area (Å²) in [6.45, 7) is 8.60. The second-order valence-electron chi connectivity index (χ2n) is 9.06. The van der Waals surface area contributed by atoms with Gasteiger partial charge in [0.2, 0.25) is 11.8 Å². The number of hydrogen-bond acceptors (Lipinski definition) is 5. The summed E-state index contributed by atoms with van der Waals surface area (Å²) in [4.78, 5) is 38.6. The van der Waals surface area contributed by atoms with Gasteiger partial charge in [0.15, 0.2) is 0 Å². The fraction of sp³-hybridized carbons (Fsp3) is 0.435. The van der Waals surface area contributed by atoms with E-state index in [1.165, 1.54) is 4.90 Å². The monoisotopic (exact) mass is 410 g/mol. The molecule has 1 aliphatic rings. The number of rotatable bonds is 3. The Morgan fingerprint density at radius 3 is 2.60 bits per heavy atom. The molecule has 1 fully saturated rings. The van der Waals surface area contributed by atoms with Gasteiger partial charge in [-0.05, 0) is 36.8 Å². The summed E-state index contributed by atoms with van der Waals surface area (Å²) in [6.07, 6.45) is 2.89. The van der Waals surface area contributed by atoms with Gasteiger partial charge in [0, 0.05) is 28.9 Å². The highest BCUT2D eigenvalue weighted by Crippen LogP contribution is 2.35. The normalized spacial score (nSPS) is 17.2. The predicted molar refractivity (Wildman–Crippen MR) is 113 cm³/mol. The maximum Gasteiger partial charge on any atom is 0.340 e. The summed E-state index contributed by atoms with van der Waals surface area (Å²) < 4.78 is 11.2. The summed E-state index contributed by atoms with van der Waals surface area (Å²) in [7, 11) is 0. The van der Waals surface area contributed by atoms with E-state index in [4.69, 9.17) is 14.6 Å². The van der Waals surface area contributed by atoms with Crippen molar-refractivity contribution in [3.05, 3.63) is 45.5 Å². The number of furan rings is 1. The average Bonchev–Trinajstić information content (AvgIpc) is 3.30. The van der Waals surface area contributed by atoms with Crippen LogP contribution in [0.2, 0.25) is 0 Å². The van der Waals surface area contributed by atoms with Crippen LogP contribution in [0.25, 0.3) is 21.9 Å². The zero-order valence-electron chi connectivity index (χ0n) is 17.7. The smallest absolute Gasteiger partial charge is 0.340 e. The van der Waals surface area contributed by atoms with Gasteiger partial charge in [-0.2, -0.15) is 0 Å². The number of carbonyl (C=O) groups excluding carboxylic acids is 2. The molecule has 1 aromatic carbocycles. The van der Waals surface area contributed by atoms with E-state index in [9.17, 15) is 14.4 Å². The molecular weight excluding hydrogens is 384 g/mol. The van der Waals surface area contributed by atoms with Crippen molar-refractivity contribution in [1.82, 2.24) is 4.90 Å². The fourth-order valence-corrected chi connectivity index (χ4v) is 4.31. The third-order valence-corrected chi connectivity index (χ3v) is 6.02. The molecule has 1 atom stereocenters. The van der Waals surface area contributed by atoms with Crippen molar-refractivity contribution in [3.8, 4) is 0 Å². The van der Waals surface area contributed by atoms with Crippen molar-refractivity contribution in [2.75, 3.05) is 6.54 Å². The average molecular weight is 410 g/mol. The molecule has 1 saturated heterocycles. The number of likely N-dealkylation sites (tertiary alicyclic amines) is 1. The molecule has 2 aromatic heterocycles. The molecule has 4 rings (SSSR count). The second-order valence-corrected chi connectivity index (χ2v) is 9.06. The van der Waals surface area contributed by atoms with Gasteiger partial charge in [-0.15, -0.1) is 0 Å². The predicted octanol–water partition coefficient (Wildman–Crippen LogP) is 3.16. The number of aryl methyl sites for hydroxylation is 1. The molecule has 0 spiro atoms. The molecule has 1 aliphatic heterocycles. The summed E-state index contributed by atoms with van der Waals surface area (Å²) in [6, 6.07) is 3.08. The molecule has 0 unspecified atom stereocenters. The maximum atomic E-state index is 12.8. The van der Waals surface area contributed by atoms with E-state index >= 15 is 0 Å². The Bertz CT molecular complexity index is 1230. The van der Waals surface area contributed by atoms with Crippen molar-refractivity contribution >= 4 is 33.8 Å². The number of fused-ring (bicyclic) bond motifs is 2. The summed E-state index contributed by atoms with van der Waals surface area (Å²) in [5.41, 5.74) is 7.91. The molecule has 30 heavy (non-hydrogen) atoms. The van der Waals surface area contributed by atoms with Crippen LogP contribution in [0.1, 0.15) is 50.3 Å². The van der Waals surface area contributed by atoms with Crippen molar-refractivity contribution in [2.24, 2.45) is 5.73 Å². The number of benzene rings is 1. The minimum Gasteiger partial charge on any atom is -0.464 e. The van der Waals surface area contributed by atoms with Gasteiger partial charge in [-0.1, -0.05) is 20.8 Å². The lowest BCUT2D eigenvalue weighted by Gasteiger charge is -2.22. The molecule has 3 aromatic rings. The molecule has 0 radical (unpaired) electrons. The first-order valence-corrected chi connectivity index (χ1v) is 10.1. The van der Waals surface area contributed by atoms with Crippen LogP contribution in [0.5, 0.6) is 0 Å². The summed E-state index contributed by atoms with van der Waals surface area (Å²) in [5.74, 6) is -0.800. The number of nitrogens with zero attached hydrogens (tertiary/aromatic N) is 1. The first kappa shape index (κ1) is 20.2. The third kappa shape index (κ3) is 3.28. The van der Waals surface area contributed by atoms with Crippen molar-refractivity contribution in [3.63, 3.8) is 0 Å². The SMILES string of the molecule is Cc1c(CC(=O)N2CCC[C@H]2C(N)=O)c(=O)oc2cc3occ(C(C)(C)C)c3cc12. The van der Waals surface area contributed by atoms with E-state index in [2.05, 4.69) is 20.8 Å². The topological polar surface area (TPSA) is 107 Å². The van der Waals surface area contributed by atoms with E-state index in [1.807, 2.05) is 13.0 Å². The lowest BCUT2D eigenvalue weighted by Crippen LogP contribution is -2.44. The number of carbonyl (C=O) groups is 2. The highest BCUT2D eigenvalue weighted by atomic mass is 16.4. The Kier molecular flexibility index (Phi) is 4.71. The number of hydrogen-bond donors (Lipinski definition) is 1. The molecule has 0 aliphatic carbocycles. The third-order valence-electron chi connectivity index (χ3n) is 6.02. The van der Waals surface area contributed by atoms with E-state index < -0.39 is 17.6 Å². The quantitative estimate of drug-likeness (QED) is 0.668. The Morgan fingerprint density at radius 1 is 1.20 bits per heavy atom. The highest BCUT2D eigenvalue weighted by Gasteiger charge is 2.33. The van der Waals surface area contributed by atoms with Crippen molar-refractivity contribution in [2.45, 2.75) is 58.4 Å². The Morgan fingerprint density at radius 2 is 1.93 bits per heavy atom. The van der Waals surface area contributed by atoms with E-state index in [0.717, 1.165) is 22.8 Å². The molecule has 2 N–H and O–H groups in total. The van der Waals surface area contributed by atoms with Gasteiger partial charge in [-0.25, -0.2) is 4.79 Å². The van der Waals surface area contributed by atoms with Crippen LogP contribution in [-0.4, -0.2) is 29.3 Å². The molecule has 0 bridgehead atoms. The van der Waals surface area contributed by atoms with Gasteiger partial charge in [0.1, 0.15) is 17.2 Å². The van der Waals surface area contributed by atoms with Crippen LogP contribution in [-0.2, 0) is 21.4 Å². The lowest BCUT2D eigenvalue weighted by atomic mass is 9.86. The first-order chi connectivity index (χ1) is 14.1. The zero-order chi connectivity index (χ0) is 21.8. The lowest BCUT2D eigenvalue weighted by molar-refractivity contribution is -0.136. The summed E-state index contributed by atoms with van der Waals surface area (Å²) >= 11 is 0. The zero-order valence-corrected chi connectivity index (χ0v) is 17.7. The molecule has 7 nitrogen and oxygen atoms in total. The van der Waals surface area contributed by atoms with Crippen LogP contribution in [0.4, 0.5) is 0 Å². The number of nitrogens with two attached hydrogens (primary N) is 1. The Balaban J connectivity index is 1.79. The van der Waals surface area contributed by atoms with Crippen LogP contribution < -0.4 is 11.4 Å². The molecule has 3 heterocycles. The maximum absolute atomic E-state index is 12.8. The molecule has 7 heteroatoms. The van der Waals surface area contributed by atoms with E-state index in [1.54, 1.807) is 12.3 Å². The van der Waals surface area contributed by atoms with Crippen molar-refractivity contribution in [1.29, 1.82) is 0 Å². The van der Waals surface area contributed by atoms with E-state index in [-0.39, 0.29) is 17.7 Å². The Labute approximate surface area is 173 Å². The fourth-order valence-electron chi connectivity index (χ4n) is 4.31. The highest BCUT2D eigenvalue weighted by molar-refractivity contribution is 5.97. The minimum absolute atomic E-state index is 0.110. The number of amides is 2. The van der Waals surface area contributed by atoms with Crippen molar-refractivity contribution < 1.29 is 18.4 Å². The molecule has 2 amide bonds. The van der Waals surface area contributed by atoms with Crippen LogP contribution in [0.3, 0.4) is 0 Å². The largest absolute Gasteiger partial charge is 0.464 e. The van der Waals surface area contributed by atoms with Gasteiger partial charge in [-0.3, -0.25) is 9.59 Å². The van der Waals surface area contributed by atoms with Gasteiger partial charge >= 0.3 is 5.63 Å². The Hall–Kier alpha value is -3.09. The van der Waals surface area contributed by atoms with E-state index in [0.29, 0.717) is 35.3 Å². The van der Waals surface area contributed by atoms with Gasteiger partial charge in [0.25, 0.3) is 0 Å². The molecule has 158 valence electrons. The van der Waals surface area contributed by atoms with Crippen LogP contribution in [0.15, 0.2) is 32.0 Å². The van der Waals surface area contributed by atoms with Gasteiger partial charge < -0.3 is 19.5 Å².